The zero-order valence-electron chi connectivity index (χ0n) is 7.64. The Kier molecular flexibility index (Phi) is 6.05. The van der Waals surface area contributed by atoms with E-state index in [2.05, 4.69) is 10.6 Å². The second-order valence-corrected chi connectivity index (χ2v) is 2.48. The van der Waals surface area contributed by atoms with E-state index < -0.39 is 0 Å². The van der Waals surface area contributed by atoms with Crippen LogP contribution in [0.2, 0.25) is 0 Å². The minimum absolute atomic E-state index is 0.0926. The molecule has 2 amide bonds. The number of nitrogens with one attached hydrogen (secondary N) is 2. The Morgan fingerprint density at radius 3 is 2.42 bits per heavy atom. The average molecular weight is 172 g/mol. The molecule has 2 N–H and O–H groups in total. The molecule has 1 saturated heterocycles. The van der Waals surface area contributed by atoms with Crippen LogP contribution in [-0.2, 0) is 9.59 Å². The number of hydrogen-bond donors (Lipinski definition) is 2. The monoisotopic (exact) mass is 172 g/mol. The third kappa shape index (κ3) is 5.70. The predicted molar refractivity (Wildman–Crippen MR) is 46.6 cm³/mol. The maximum atomic E-state index is 10.1. The third-order valence-corrected chi connectivity index (χ3v) is 1.50. The summed E-state index contributed by atoms with van der Waals surface area (Å²) in [6.45, 7) is 2.71. The highest BCUT2D eigenvalue weighted by Gasteiger charge is 2.05. The van der Waals surface area contributed by atoms with Crippen molar-refractivity contribution in [3.63, 3.8) is 0 Å². The number of carbonyl (C=O) groups is 2. The maximum Gasteiger partial charge on any atom is 0.220 e. The van der Waals surface area contributed by atoms with E-state index in [0.29, 0.717) is 6.42 Å². The van der Waals surface area contributed by atoms with E-state index in [0.717, 1.165) is 19.4 Å². The Labute approximate surface area is 72.7 Å². The van der Waals surface area contributed by atoms with Crippen LogP contribution < -0.4 is 10.6 Å². The SMILES string of the molecule is CCC(=O)NC.O=C1CCCN1. The molecular formula is C8H16N2O2. The molecule has 0 unspecified atom stereocenters. The van der Waals surface area contributed by atoms with E-state index in [1.54, 1.807) is 7.05 Å². The van der Waals surface area contributed by atoms with Gasteiger partial charge in [-0.25, -0.2) is 0 Å². The molecule has 1 heterocycles. The molecule has 1 aliphatic heterocycles. The molecule has 0 aliphatic carbocycles. The lowest BCUT2D eigenvalue weighted by Gasteiger charge is -1.87. The van der Waals surface area contributed by atoms with E-state index in [4.69, 9.17) is 0 Å². The highest BCUT2D eigenvalue weighted by Crippen LogP contribution is 1.93. The fraction of sp³-hybridized carbons (Fsp3) is 0.750. The normalized spacial score (nSPS) is 14.3. The summed E-state index contributed by atoms with van der Waals surface area (Å²) in [6.07, 6.45) is 2.34. The van der Waals surface area contributed by atoms with Gasteiger partial charge in [-0.15, -0.1) is 0 Å². The smallest absolute Gasteiger partial charge is 0.220 e. The summed E-state index contributed by atoms with van der Waals surface area (Å²) in [5.74, 6) is 0.296. The van der Waals surface area contributed by atoms with Gasteiger partial charge in [0.2, 0.25) is 11.8 Å². The van der Waals surface area contributed by atoms with Crippen molar-refractivity contribution >= 4 is 11.8 Å². The summed E-state index contributed by atoms with van der Waals surface area (Å²) < 4.78 is 0. The minimum atomic E-state index is 0.0926. The number of hydrogen-bond acceptors (Lipinski definition) is 2. The quantitative estimate of drug-likeness (QED) is 0.586. The van der Waals surface area contributed by atoms with Crippen LogP contribution in [0.5, 0.6) is 0 Å². The summed E-state index contributed by atoms with van der Waals surface area (Å²) in [5, 5.41) is 5.16. The maximum absolute atomic E-state index is 10.1. The van der Waals surface area contributed by atoms with Crippen LogP contribution in [0, 0.1) is 0 Å². The largest absolute Gasteiger partial charge is 0.359 e. The molecule has 0 aromatic carbocycles. The molecule has 0 aromatic heterocycles. The molecule has 0 spiro atoms. The molecule has 0 aromatic rings. The molecule has 0 bridgehead atoms. The van der Waals surface area contributed by atoms with Crippen LogP contribution in [0.4, 0.5) is 0 Å². The van der Waals surface area contributed by atoms with E-state index in [1.807, 2.05) is 6.92 Å². The van der Waals surface area contributed by atoms with E-state index in [1.165, 1.54) is 0 Å². The molecule has 1 fully saturated rings. The zero-order valence-corrected chi connectivity index (χ0v) is 7.64. The van der Waals surface area contributed by atoms with Crippen LogP contribution in [0.15, 0.2) is 0 Å². The van der Waals surface area contributed by atoms with Gasteiger partial charge >= 0.3 is 0 Å². The van der Waals surface area contributed by atoms with Crippen LogP contribution >= 0.6 is 0 Å². The van der Waals surface area contributed by atoms with Gasteiger partial charge in [0.15, 0.2) is 0 Å². The summed E-state index contributed by atoms with van der Waals surface area (Å²) in [6, 6.07) is 0. The first kappa shape index (κ1) is 10.9. The zero-order chi connectivity index (χ0) is 9.40. The fourth-order valence-electron chi connectivity index (χ4n) is 0.742. The van der Waals surface area contributed by atoms with Crippen molar-refractivity contribution in [1.82, 2.24) is 10.6 Å². The summed E-state index contributed by atoms with van der Waals surface area (Å²) in [5.41, 5.74) is 0. The lowest BCUT2D eigenvalue weighted by molar-refractivity contribution is -0.120. The van der Waals surface area contributed by atoms with Gasteiger partial charge in [-0.3, -0.25) is 9.59 Å². The molecule has 4 heteroatoms. The highest BCUT2D eigenvalue weighted by atomic mass is 16.2. The first-order valence-corrected chi connectivity index (χ1v) is 4.18. The second-order valence-electron chi connectivity index (χ2n) is 2.48. The predicted octanol–water partition coefficient (Wildman–Crippen LogP) is 0.0388. The fourth-order valence-corrected chi connectivity index (χ4v) is 0.742. The Morgan fingerprint density at radius 1 is 1.67 bits per heavy atom. The lowest BCUT2D eigenvalue weighted by atomic mass is 10.4. The molecule has 0 radical (unpaired) electrons. The molecule has 70 valence electrons. The van der Waals surface area contributed by atoms with Crippen molar-refractivity contribution in [3.8, 4) is 0 Å². The van der Waals surface area contributed by atoms with Crippen molar-refractivity contribution in [2.75, 3.05) is 13.6 Å². The summed E-state index contributed by atoms with van der Waals surface area (Å²) in [7, 11) is 1.63. The van der Waals surface area contributed by atoms with Gasteiger partial charge in [0.05, 0.1) is 0 Å². The third-order valence-electron chi connectivity index (χ3n) is 1.50. The molecular weight excluding hydrogens is 156 g/mol. The van der Waals surface area contributed by atoms with Gasteiger partial charge in [-0.2, -0.15) is 0 Å². The molecule has 12 heavy (non-hydrogen) atoms. The van der Waals surface area contributed by atoms with Crippen molar-refractivity contribution < 1.29 is 9.59 Å². The van der Waals surface area contributed by atoms with Crippen molar-refractivity contribution in [2.24, 2.45) is 0 Å². The van der Waals surface area contributed by atoms with Crippen molar-refractivity contribution in [3.05, 3.63) is 0 Å². The van der Waals surface area contributed by atoms with E-state index >= 15 is 0 Å². The topological polar surface area (TPSA) is 58.2 Å². The first-order valence-electron chi connectivity index (χ1n) is 4.18. The van der Waals surface area contributed by atoms with Crippen LogP contribution in [0.25, 0.3) is 0 Å². The van der Waals surface area contributed by atoms with Crippen LogP contribution in [0.3, 0.4) is 0 Å². The molecule has 1 rings (SSSR count). The standard InChI is InChI=1S/C4H7NO.C4H9NO/c6-4-2-1-3-5-4;1-3-4(6)5-2/h1-3H2,(H,5,6);3H2,1-2H3,(H,5,6). The highest BCUT2D eigenvalue weighted by molar-refractivity contribution is 5.77. The van der Waals surface area contributed by atoms with Crippen molar-refractivity contribution in [1.29, 1.82) is 0 Å². The van der Waals surface area contributed by atoms with Gasteiger partial charge in [0.25, 0.3) is 0 Å². The Morgan fingerprint density at radius 2 is 2.33 bits per heavy atom. The molecule has 0 saturated carbocycles. The van der Waals surface area contributed by atoms with Gasteiger partial charge in [-0.1, -0.05) is 6.92 Å². The Balaban J connectivity index is 0.000000202. The van der Waals surface area contributed by atoms with Crippen LogP contribution in [-0.4, -0.2) is 25.4 Å². The molecule has 1 aliphatic rings. The summed E-state index contributed by atoms with van der Waals surface area (Å²) >= 11 is 0. The van der Waals surface area contributed by atoms with Crippen LogP contribution in [0.1, 0.15) is 26.2 Å². The first-order chi connectivity index (χ1) is 5.70. The molecule has 0 atom stereocenters. The average Bonchev–Trinajstić information content (AvgIpc) is 2.55. The van der Waals surface area contributed by atoms with Gasteiger partial charge < -0.3 is 10.6 Å². The summed E-state index contributed by atoms with van der Waals surface area (Å²) in [4.78, 5) is 20.2. The lowest BCUT2D eigenvalue weighted by Crippen LogP contribution is -2.15. The van der Waals surface area contributed by atoms with Gasteiger partial charge in [0, 0.05) is 26.4 Å². The number of carbonyl (C=O) groups excluding carboxylic acids is 2. The number of amides is 2. The Hall–Kier alpha value is -1.06. The second kappa shape index (κ2) is 6.64. The molecule has 4 nitrogen and oxygen atoms in total. The van der Waals surface area contributed by atoms with Gasteiger partial charge in [-0.05, 0) is 6.42 Å². The van der Waals surface area contributed by atoms with Gasteiger partial charge in [0.1, 0.15) is 0 Å². The number of rotatable bonds is 1. The minimum Gasteiger partial charge on any atom is -0.359 e. The van der Waals surface area contributed by atoms with E-state index in [-0.39, 0.29) is 11.8 Å². The van der Waals surface area contributed by atoms with E-state index in [9.17, 15) is 9.59 Å². The Bertz CT molecular complexity index is 141. The van der Waals surface area contributed by atoms with Crippen molar-refractivity contribution in [2.45, 2.75) is 26.2 Å².